The second-order valence-corrected chi connectivity index (χ2v) is 8.36. The summed E-state index contributed by atoms with van der Waals surface area (Å²) in [5.41, 5.74) is 0. The summed E-state index contributed by atoms with van der Waals surface area (Å²) in [6, 6.07) is 0. The normalized spacial score (nSPS) is 11.2. The molecule has 0 saturated heterocycles. The van der Waals surface area contributed by atoms with Gasteiger partial charge in [0.15, 0.2) is 0 Å². The number of Topliss-reactive ketones (excluding diaryl/α,β-unsaturated/α-hetero) is 1. The van der Waals surface area contributed by atoms with Gasteiger partial charge in [-0.3, -0.25) is 4.79 Å². The number of carbonyl (C=O) groups is 2. The molecule has 0 aromatic heterocycles. The van der Waals surface area contributed by atoms with E-state index in [0.717, 1.165) is 6.42 Å². The molecule has 0 aliphatic carbocycles. The second kappa shape index (κ2) is 32.5. The molecule has 0 aliphatic heterocycles. The first-order chi connectivity index (χ1) is 18.7. The van der Waals surface area contributed by atoms with Crippen molar-refractivity contribution < 1.29 is 52.2 Å². The summed E-state index contributed by atoms with van der Waals surface area (Å²) in [5.74, 6) is 0.130. The van der Waals surface area contributed by atoms with Gasteiger partial charge in [-0.2, -0.15) is 0 Å². The van der Waals surface area contributed by atoms with Crippen LogP contribution in [-0.2, 0) is 52.2 Å². The summed E-state index contributed by atoms with van der Waals surface area (Å²) in [5, 5.41) is 2.99. The quantitative estimate of drug-likeness (QED) is 0.0857. The molecule has 0 spiro atoms. The number of ketones is 1. The summed E-state index contributed by atoms with van der Waals surface area (Å²) in [4.78, 5) is 21.8. The zero-order chi connectivity index (χ0) is 27.8. The first kappa shape index (κ1) is 37.3. The summed E-state index contributed by atoms with van der Waals surface area (Å²) >= 11 is 3.07. The summed E-state index contributed by atoms with van der Waals surface area (Å²) in [7, 11) is 0. The molecule has 0 aliphatic rings. The van der Waals surface area contributed by atoms with Gasteiger partial charge in [0.2, 0.25) is 5.91 Å². The molecule has 0 radical (unpaired) electrons. The van der Waals surface area contributed by atoms with Crippen LogP contribution in [0.5, 0.6) is 0 Å². The molecule has 226 valence electrons. The van der Waals surface area contributed by atoms with Crippen LogP contribution in [0.15, 0.2) is 0 Å². The maximum Gasteiger partial charge on any atom is 0.230 e. The largest absolute Gasteiger partial charge is 0.379 e. The fourth-order valence-electron chi connectivity index (χ4n) is 2.59. The molecule has 0 fully saturated rings. The lowest BCUT2D eigenvalue weighted by molar-refractivity contribution is -0.119. The highest BCUT2D eigenvalue weighted by atomic mass is 79.9. The lowest BCUT2D eigenvalue weighted by Crippen LogP contribution is -2.28. The fourth-order valence-corrected chi connectivity index (χ4v) is 2.79. The number of hydrogen-bond donors (Lipinski definition) is 1. The number of ether oxygens (including phenoxy) is 9. The maximum absolute atomic E-state index is 11.0. The molecule has 0 rings (SSSR count). The molecule has 1 N–H and O–H groups in total. The summed E-state index contributed by atoms with van der Waals surface area (Å²) < 4.78 is 48.7. The smallest absolute Gasteiger partial charge is 0.230 e. The first-order valence-corrected chi connectivity index (χ1v) is 14.3. The highest BCUT2D eigenvalue weighted by molar-refractivity contribution is 9.09. The van der Waals surface area contributed by atoms with Gasteiger partial charge >= 0.3 is 0 Å². The molecule has 0 unspecified atom stereocenters. The molecule has 12 nitrogen and oxygen atoms in total. The number of alkyl halides is 1. The molecule has 0 aromatic carbocycles. The average Bonchev–Trinajstić information content (AvgIpc) is 2.91. The van der Waals surface area contributed by atoms with Crippen LogP contribution < -0.4 is 5.32 Å². The van der Waals surface area contributed by atoms with Gasteiger partial charge in [0.1, 0.15) is 5.78 Å². The Kier molecular flexibility index (Phi) is 31.8. The van der Waals surface area contributed by atoms with Crippen molar-refractivity contribution in [2.24, 2.45) is 0 Å². The minimum atomic E-state index is -0.0569. The van der Waals surface area contributed by atoms with Gasteiger partial charge in [0, 0.05) is 19.6 Å². The zero-order valence-corrected chi connectivity index (χ0v) is 24.5. The van der Waals surface area contributed by atoms with Crippen molar-refractivity contribution in [3.8, 4) is 0 Å². The lowest BCUT2D eigenvalue weighted by Gasteiger charge is -2.09. The van der Waals surface area contributed by atoms with Crippen molar-refractivity contribution in [3.05, 3.63) is 0 Å². The minimum Gasteiger partial charge on any atom is -0.379 e. The van der Waals surface area contributed by atoms with E-state index in [1.807, 2.05) is 0 Å². The number of carbonyl (C=O) groups excluding carboxylic acids is 2. The Labute approximate surface area is 235 Å². The van der Waals surface area contributed by atoms with Crippen molar-refractivity contribution >= 4 is 27.6 Å². The van der Waals surface area contributed by atoms with Gasteiger partial charge in [0.05, 0.1) is 118 Å². The topological polar surface area (TPSA) is 129 Å². The monoisotopic (exact) mass is 617 g/mol. The van der Waals surface area contributed by atoms with Crippen LogP contribution in [0.3, 0.4) is 0 Å². The highest BCUT2D eigenvalue weighted by Crippen LogP contribution is 1.91. The zero-order valence-electron chi connectivity index (χ0n) is 22.9. The van der Waals surface area contributed by atoms with Gasteiger partial charge in [-0.1, -0.05) is 15.9 Å². The van der Waals surface area contributed by atoms with E-state index >= 15 is 0 Å². The van der Waals surface area contributed by atoms with E-state index in [1.54, 1.807) is 6.92 Å². The molecule has 38 heavy (non-hydrogen) atoms. The van der Waals surface area contributed by atoms with Crippen LogP contribution in [0.2, 0.25) is 0 Å². The molecule has 13 heteroatoms. The number of nitrogens with one attached hydrogen (secondary N) is 1. The number of hydrogen-bond acceptors (Lipinski definition) is 11. The molecule has 0 saturated carbocycles. The third-order valence-electron chi connectivity index (χ3n) is 4.48. The Balaban J connectivity index is 3.05. The van der Waals surface area contributed by atoms with Gasteiger partial charge < -0.3 is 52.7 Å². The number of rotatable bonds is 32. The van der Waals surface area contributed by atoms with Crippen molar-refractivity contribution in [1.82, 2.24) is 5.32 Å². The molecular weight excluding hydrogens is 570 g/mol. The molecular formula is C25H48BrNO11. The van der Waals surface area contributed by atoms with E-state index in [-0.39, 0.29) is 11.7 Å². The minimum absolute atomic E-state index is 0.0569. The predicted octanol–water partition coefficient (Wildman–Crippen LogP) is 1.02. The van der Waals surface area contributed by atoms with Crippen molar-refractivity contribution in [2.45, 2.75) is 19.8 Å². The Morgan fingerprint density at radius 1 is 0.500 bits per heavy atom. The van der Waals surface area contributed by atoms with Crippen molar-refractivity contribution in [2.75, 3.05) is 131 Å². The second-order valence-electron chi connectivity index (χ2n) is 7.80. The van der Waals surface area contributed by atoms with Crippen LogP contribution in [0.4, 0.5) is 0 Å². The Bertz CT molecular complexity index is 518. The van der Waals surface area contributed by atoms with Crippen LogP contribution in [0.1, 0.15) is 19.8 Å². The van der Waals surface area contributed by atoms with E-state index in [0.29, 0.717) is 137 Å². The molecule has 0 bridgehead atoms. The summed E-state index contributed by atoms with van der Waals surface area (Å²) in [6.45, 7) is 11.1. The SMILES string of the molecule is CC(=O)CCCOCCOCCOCCOCCOCCOCCOCCOCCOCCNC(=O)CBr. The fraction of sp³-hybridized carbons (Fsp3) is 0.920. The molecule has 0 aromatic rings. The van der Waals surface area contributed by atoms with E-state index in [2.05, 4.69) is 21.2 Å². The van der Waals surface area contributed by atoms with Gasteiger partial charge in [0.25, 0.3) is 0 Å². The van der Waals surface area contributed by atoms with Gasteiger partial charge in [-0.15, -0.1) is 0 Å². The van der Waals surface area contributed by atoms with E-state index in [9.17, 15) is 9.59 Å². The van der Waals surface area contributed by atoms with Crippen LogP contribution in [0.25, 0.3) is 0 Å². The number of halogens is 1. The Morgan fingerprint density at radius 2 is 0.789 bits per heavy atom. The predicted molar refractivity (Wildman–Crippen MR) is 144 cm³/mol. The van der Waals surface area contributed by atoms with Gasteiger partial charge in [-0.25, -0.2) is 0 Å². The maximum atomic E-state index is 11.0. The average molecular weight is 619 g/mol. The molecule has 0 heterocycles. The third-order valence-corrected chi connectivity index (χ3v) is 4.99. The lowest BCUT2D eigenvalue weighted by atomic mass is 10.2. The Morgan fingerprint density at radius 3 is 1.08 bits per heavy atom. The van der Waals surface area contributed by atoms with E-state index in [1.165, 1.54) is 0 Å². The van der Waals surface area contributed by atoms with Crippen molar-refractivity contribution in [1.29, 1.82) is 0 Å². The Hall–Kier alpha value is -0.740. The standard InChI is InChI=1S/C25H48BrNO11/c1-24(28)3-2-5-30-7-9-32-11-13-34-15-17-36-19-21-38-22-20-37-18-16-35-14-12-33-10-8-31-6-4-27-25(29)23-26/h2-23H2,1H3,(H,27,29). The molecule has 1 amide bonds. The number of amides is 1. The van der Waals surface area contributed by atoms with Crippen LogP contribution in [-0.4, -0.2) is 142 Å². The van der Waals surface area contributed by atoms with E-state index < -0.39 is 0 Å². The third kappa shape index (κ3) is 33.3. The van der Waals surface area contributed by atoms with Crippen LogP contribution in [0, 0.1) is 0 Å². The summed E-state index contributed by atoms with van der Waals surface area (Å²) in [6.07, 6.45) is 1.32. The highest BCUT2D eigenvalue weighted by Gasteiger charge is 1.98. The van der Waals surface area contributed by atoms with Crippen LogP contribution >= 0.6 is 15.9 Å². The van der Waals surface area contributed by atoms with Gasteiger partial charge in [-0.05, 0) is 13.3 Å². The van der Waals surface area contributed by atoms with Crippen molar-refractivity contribution in [3.63, 3.8) is 0 Å². The molecule has 0 atom stereocenters. The first-order valence-electron chi connectivity index (χ1n) is 13.2. The van der Waals surface area contributed by atoms with E-state index in [4.69, 9.17) is 42.6 Å².